The number of rotatable bonds is 4. The second kappa shape index (κ2) is 6.77. The van der Waals surface area contributed by atoms with Crippen LogP contribution < -0.4 is 10.5 Å². The molecule has 3 aliphatic heterocycles. The molecule has 2 bridgehead atoms. The Labute approximate surface area is 157 Å². The molecule has 4 heterocycles. The first-order chi connectivity index (χ1) is 12.4. The van der Waals surface area contributed by atoms with Crippen LogP contribution in [-0.4, -0.2) is 44.9 Å². The fraction of sp³-hybridized carbons (Fsp3) is 0.389. The van der Waals surface area contributed by atoms with Crippen LogP contribution >= 0.6 is 11.3 Å². The molecule has 0 saturated carbocycles. The van der Waals surface area contributed by atoms with Crippen molar-refractivity contribution in [2.45, 2.75) is 23.8 Å². The van der Waals surface area contributed by atoms with E-state index < -0.39 is 10.0 Å². The molecule has 1 amide bonds. The summed E-state index contributed by atoms with van der Waals surface area (Å²) in [4.78, 5) is 16.7. The molecule has 1 atom stereocenters. The van der Waals surface area contributed by atoms with Gasteiger partial charge in [0.25, 0.3) is 5.91 Å². The predicted octanol–water partition coefficient (Wildman–Crippen LogP) is 1.89. The number of hydrogen-bond donors (Lipinski definition) is 2. The van der Waals surface area contributed by atoms with E-state index in [-0.39, 0.29) is 16.8 Å². The second-order valence-corrected chi connectivity index (χ2v) is 9.60. The van der Waals surface area contributed by atoms with Crippen molar-refractivity contribution in [1.29, 1.82) is 0 Å². The van der Waals surface area contributed by atoms with Gasteiger partial charge in [-0.1, -0.05) is 12.1 Å². The molecule has 0 spiro atoms. The number of amides is 1. The first-order valence-electron chi connectivity index (χ1n) is 8.66. The molecule has 1 aromatic heterocycles. The number of fused-ring (bicyclic) bond motifs is 3. The Hall–Kier alpha value is -1.74. The Bertz CT molecular complexity index is 913. The van der Waals surface area contributed by atoms with Crippen LogP contribution in [0.1, 0.15) is 22.5 Å². The average Bonchev–Trinajstić information content (AvgIpc) is 3.12. The molecule has 5 rings (SSSR count). The lowest BCUT2D eigenvalue weighted by Gasteiger charge is -2.44. The normalized spacial score (nSPS) is 25.2. The van der Waals surface area contributed by atoms with Crippen molar-refractivity contribution in [1.82, 2.24) is 10.2 Å². The summed E-state index contributed by atoms with van der Waals surface area (Å²) in [7, 11) is -3.70. The van der Waals surface area contributed by atoms with E-state index in [1.54, 1.807) is 12.1 Å². The van der Waals surface area contributed by atoms with Gasteiger partial charge >= 0.3 is 0 Å². The van der Waals surface area contributed by atoms with Crippen molar-refractivity contribution >= 4 is 27.3 Å². The van der Waals surface area contributed by atoms with Crippen LogP contribution in [0.5, 0.6) is 0 Å². The number of piperidine rings is 3. The van der Waals surface area contributed by atoms with E-state index >= 15 is 0 Å². The van der Waals surface area contributed by atoms with Gasteiger partial charge in [0.2, 0.25) is 10.0 Å². The maximum absolute atomic E-state index is 12.6. The Balaban J connectivity index is 1.46. The van der Waals surface area contributed by atoms with E-state index in [1.165, 1.54) is 23.5 Å². The highest BCUT2D eigenvalue weighted by Crippen LogP contribution is 2.30. The molecule has 1 unspecified atom stereocenters. The van der Waals surface area contributed by atoms with Gasteiger partial charge in [0.05, 0.1) is 9.77 Å². The maximum Gasteiger partial charge on any atom is 0.261 e. The van der Waals surface area contributed by atoms with Gasteiger partial charge in [-0.2, -0.15) is 0 Å². The number of thiophene rings is 1. The SMILES string of the molecule is NS(=O)(=O)c1ccc(-c2ccc(C(=O)NC3CN4CCC3CC4)s2)cc1. The first-order valence-corrected chi connectivity index (χ1v) is 11.0. The van der Waals surface area contributed by atoms with Crippen LogP contribution in [-0.2, 0) is 10.0 Å². The number of carbonyl (C=O) groups excluding carboxylic acids is 1. The van der Waals surface area contributed by atoms with Gasteiger partial charge in [-0.25, -0.2) is 13.6 Å². The number of nitrogens with zero attached hydrogens (tertiary/aromatic N) is 1. The molecule has 0 radical (unpaired) electrons. The highest BCUT2D eigenvalue weighted by Gasteiger charge is 2.35. The molecule has 1 aromatic carbocycles. The zero-order chi connectivity index (χ0) is 18.3. The van der Waals surface area contributed by atoms with E-state index in [9.17, 15) is 13.2 Å². The Morgan fingerprint density at radius 1 is 1.12 bits per heavy atom. The van der Waals surface area contributed by atoms with Gasteiger partial charge in [-0.15, -0.1) is 11.3 Å². The lowest BCUT2D eigenvalue weighted by molar-refractivity contribution is 0.0622. The fourth-order valence-corrected chi connectivity index (χ4v) is 5.22. The minimum atomic E-state index is -3.70. The molecule has 3 saturated heterocycles. The molecule has 3 aliphatic rings. The third-order valence-electron chi connectivity index (χ3n) is 5.27. The topological polar surface area (TPSA) is 92.5 Å². The van der Waals surface area contributed by atoms with Crippen LogP contribution in [0.4, 0.5) is 0 Å². The first kappa shape index (κ1) is 17.7. The molecule has 8 heteroatoms. The van der Waals surface area contributed by atoms with E-state index in [0.29, 0.717) is 10.8 Å². The van der Waals surface area contributed by atoms with E-state index in [2.05, 4.69) is 10.2 Å². The average molecular weight is 392 g/mol. The Kier molecular flexibility index (Phi) is 4.60. The van der Waals surface area contributed by atoms with Crippen LogP contribution in [0.25, 0.3) is 10.4 Å². The van der Waals surface area contributed by atoms with Gasteiger partial charge in [-0.05, 0) is 61.7 Å². The van der Waals surface area contributed by atoms with Crippen LogP contribution in [0.3, 0.4) is 0 Å². The molecular weight excluding hydrogens is 370 g/mol. The zero-order valence-electron chi connectivity index (χ0n) is 14.2. The van der Waals surface area contributed by atoms with Gasteiger partial charge in [-0.3, -0.25) is 4.79 Å². The summed E-state index contributed by atoms with van der Waals surface area (Å²) in [5, 5.41) is 8.32. The fourth-order valence-electron chi connectivity index (χ4n) is 3.79. The van der Waals surface area contributed by atoms with Gasteiger partial charge in [0.15, 0.2) is 0 Å². The van der Waals surface area contributed by atoms with Gasteiger partial charge < -0.3 is 10.2 Å². The molecular formula is C18H21N3O3S2. The van der Waals surface area contributed by atoms with E-state index in [4.69, 9.17) is 5.14 Å². The molecule has 3 fully saturated rings. The number of nitrogens with two attached hydrogens (primary N) is 1. The third-order valence-corrected chi connectivity index (χ3v) is 7.33. The molecule has 26 heavy (non-hydrogen) atoms. The highest BCUT2D eigenvalue weighted by molar-refractivity contribution is 7.89. The monoisotopic (exact) mass is 391 g/mol. The molecule has 138 valence electrons. The van der Waals surface area contributed by atoms with Crippen molar-refractivity contribution in [3.05, 3.63) is 41.3 Å². The zero-order valence-corrected chi connectivity index (χ0v) is 15.9. The number of benzene rings is 1. The van der Waals surface area contributed by atoms with Crippen LogP contribution in [0.2, 0.25) is 0 Å². The minimum absolute atomic E-state index is 0.0267. The molecule has 6 nitrogen and oxygen atoms in total. The number of carbonyl (C=O) groups is 1. The van der Waals surface area contributed by atoms with Crippen LogP contribution in [0.15, 0.2) is 41.3 Å². The van der Waals surface area contributed by atoms with E-state index in [0.717, 1.165) is 42.9 Å². The van der Waals surface area contributed by atoms with E-state index in [1.807, 2.05) is 12.1 Å². The largest absolute Gasteiger partial charge is 0.347 e. The summed E-state index contributed by atoms with van der Waals surface area (Å²) in [6.07, 6.45) is 2.33. The Morgan fingerprint density at radius 2 is 1.81 bits per heavy atom. The van der Waals surface area contributed by atoms with Gasteiger partial charge in [0.1, 0.15) is 0 Å². The van der Waals surface area contributed by atoms with Gasteiger partial charge in [0, 0.05) is 17.5 Å². The number of nitrogens with one attached hydrogen (secondary N) is 1. The second-order valence-electron chi connectivity index (χ2n) is 6.95. The maximum atomic E-state index is 12.6. The third kappa shape index (κ3) is 3.55. The predicted molar refractivity (Wildman–Crippen MR) is 102 cm³/mol. The van der Waals surface area contributed by atoms with Crippen molar-refractivity contribution < 1.29 is 13.2 Å². The number of primary sulfonamides is 1. The van der Waals surface area contributed by atoms with Crippen molar-refractivity contribution in [3.63, 3.8) is 0 Å². The lowest BCUT2D eigenvalue weighted by atomic mass is 9.84. The molecule has 2 aromatic rings. The smallest absolute Gasteiger partial charge is 0.261 e. The standard InChI is InChI=1S/C18H21N3O3S2/c19-26(23,24)14-3-1-13(2-4-14)16-5-6-17(25-16)18(22)20-15-11-21-9-7-12(15)8-10-21/h1-6,12,15H,7-11H2,(H,20,22)(H2,19,23,24). The minimum Gasteiger partial charge on any atom is -0.347 e. The quantitative estimate of drug-likeness (QED) is 0.832. The Morgan fingerprint density at radius 3 is 2.38 bits per heavy atom. The van der Waals surface area contributed by atoms with Crippen molar-refractivity contribution in [2.75, 3.05) is 19.6 Å². The van der Waals surface area contributed by atoms with Crippen molar-refractivity contribution in [2.24, 2.45) is 11.1 Å². The summed E-state index contributed by atoms with van der Waals surface area (Å²) in [5.41, 5.74) is 0.865. The summed E-state index contributed by atoms with van der Waals surface area (Å²) in [6.45, 7) is 3.24. The number of hydrogen-bond acceptors (Lipinski definition) is 5. The number of sulfonamides is 1. The lowest BCUT2D eigenvalue weighted by Crippen LogP contribution is -2.57. The summed E-state index contributed by atoms with van der Waals surface area (Å²) < 4.78 is 22.7. The van der Waals surface area contributed by atoms with Crippen LogP contribution in [0, 0.1) is 5.92 Å². The van der Waals surface area contributed by atoms with Crippen molar-refractivity contribution in [3.8, 4) is 10.4 Å². The highest BCUT2D eigenvalue weighted by atomic mass is 32.2. The summed E-state index contributed by atoms with van der Waals surface area (Å²) in [6, 6.07) is 10.3. The molecule has 3 N–H and O–H groups in total. The molecule has 0 aliphatic carbocycles. The summed E-state index contributed by atoms with van der Waals surface area (Å²) >= 11 is 1.41. The summed E-state index contributed by atoms with van der Waals surface area (Å²) in [5.74, 6) is 0.565.